The summed E-state index contributed by atoms with van der Waals surface area (Å²) >= 11 is 6.97. The standard InChI is InChI=1S/C20H16ClFN4O2S/c1-27-20-15(9-14(22)18(21)25-20)26-29-16-10-23-19-13(16)7-8-17(24-19)28-11-12-5-3-2-4-6-12/h2-10,26H,11H2,1H3,(H,23,24). The topological polar surface area (TPSA) is 72.1 Å². The predicted octanol–water partition coefficient (Wildman–Crippen LogP) is 5.46. The van der Waals surface area contributed by atoms with Crippen LogP contribution in [0.2, 0.25) is 5.15 Å². The largest absolute Gasteiger partial charge is 0.479 e. The quantitative estimate of drug-likeness (QED) is 0.300. The van der Waals surface area contributed by atoms with Crippen LogP contribution in [0.15, 0.2) is 59.6 Å². The molecule has 0 aliphatic carbocycles. The van der Waals surface area contributed by atoms with Gasteiger partial charge in [0.05, 0.1) is 12.0 Å². The molecule has 6 nitrogen and oxygen atoms in total. The molecule has 0 amide bonds. The van der Waals surface area contributed by atoms with Crippen LogP contribution in [0.3, 0.4) is 0 Å². The summed E-state index contributed by atoms with van der Waals surface area (Å²) in [6.45, 7) is 0.443. The molecule has 4 rings (SSSR count). The Morgan fingerprint density at radius 2 is 2.00 bits per heavy atom. The fourth-order valence-electron chi connectivity index (χ4n) is 2.65. The lowest BCUT2D eigenvalue weighted by atomic mass is 10.2. The van der Waals surface area contributed by atoms with Crippen molar-refractivity contribution in [2.75, 3.05) is 11.8 Å². The van der Waals surface area contributed by atoms with Gasteiger partial charge >= 0.3 is 0 Å². The Balaban J connectivity index is 1.47. The van der Waals surface area contributed by atoms with Crippen molar-refractivity contribution in [3.05, 3.63) is 71.3 Å². The van der Waals surface area contributed by atoms with Gasteiger partial charge in [-0.05, 0) is 23.6 Å². The van der Waals surface area contributed by atoms with E-state index in [1.807, 2.05) is 48.7 Å². The highest BCUT2D eigenvalue weighted by molar-refractivity contribution is 8.00. The van der Waals surface area contributed by atoms with Gasteiger partial charge in [0, 0.05) is 23.7 Å². The second kappa shape index (κ2) is 8.59. The van der Waals surface area contributed by atoms with Gasteiger partial charge in [0.1, 0.15) is 17.9 Å². The molecular weight excluding hydrogens is 415 g/mol. The fourth-order valence-corrected chi connectivity index (χ4v) is 3.54. The molecular formula is C20H16ClFN4O2S. The molecule has 9 heteroatoms. The van der Waals surface area contributed by atoms with Crippen LogP contribution >= 0.6 is 23.5 Å². The Morgan fingerprint density at radius 1 is 1.17 bits per heavy atom. The van der Waals surface area contributed by atoms with E-state index < -0.39 is 5.82 Å². The maximum atomic E-state index is 13.7. The third kappa shape index (κ3) is 4.38. The molecule has 0 saturated heterocycles. The first-order valence-corrected chi connectivity index (χ1v) is 9.81. The van der Waals surface area contributed by atoms with Crippen LogP contribution in [0.4, 0.5) is 10.1 Å². The minimum Gasteiger partial charge on any atom is -0.479 e. The maximum Gasteiger partial charge on any atom is 0.239 e. The molecule has 0 saturated carbocycles. The van der Waals surface area contributed by atoms with E-state index in [1.54, 1.807) is 0 Å². The first-order valence-electron chi connectivity index (χ1n) is 8.62. The number of aromatic nitrogens is 3. The number of ether oxygens (including phenoxy) is 2. The van der Waals surface area contributed by atoms with E-state index in [0.717, 1.165) is 15.8 Å². The lowest BCUT2D eigenvalue weighted by molar-refractivity contribution is 0.295. The van der Waals surface area contributed by atoms with E-state index in [2.05, 4.69) is 19.7 Å². The van der Waals surface area contributed by atoms with Crippen molar-refractivity contribution in [1.29, 1.82) is 0 Å². The molecule has 0 aliphatic rings. The van der Waals surface area contributed by atoms with E-state index in [-0.39, 0.29) is 11.0 Å². The zero-order chi connectivity index (χ0) is 20.2. The van der Waals surface area contributed by atoms with Crippen molar-refractivity contribution in [1.82, 2.24) is 15.0 Å². The Morgan fingerprint density at radius 3 is 2.79 bits per heavy atom. The van der Waals surface area contributed by atoms with Crippen LogP contribution in [-0.4, -0.2) is 22.1 Å². The van der Waals surface area contributed by atoms with Crippen molar-refractivity contribution in [2.24, 2.45) is 0 Å². The number of nitrogens with one attached hydrogen (secondary N) is 2. The Bertz CT molecular complexity index is 1140. The van der Waals surface area contributed by atoms with Gasteiger partial charge < -0.3 is 19.2 Å². The molecule has 0 radical (unpaired) electrons. The number of halogens is 2. The van der Waals surface area contributed by atoms with E-state index in [1.165, 1.54) is 25.1 Å². The van der Waals surface area contributed by atoms with Gasteiger partial charge in [-0.2, -0.15) is 9.97 Å². The van der Waals surface area contributed by atoms with E-state index in [0.29, 0.717) is 23.8 Å². The monoisotopic (exact) mass is 430 g/mol. The average molecular weight is 431 g/mol. The molecule has 0 aliphatic heterocycles. The molecule has 0 fully saturated rings. The van der Waals surface area contributed by atoms with Crippen molar-refractivity contribution in [2.45, 2.75) is 11.5 Å². The minimum atomic E-state index is -0.628. The van der Waals surface area contributed by atoms with Gasteiger partial charge in [-0.25, -0.2) is 4.39 Å². The lowest BCUT2D eigenvalue weighted by Gasteiger charge is -2.10. The van der Waals surface area contributed by atoms with Crippen molar-refractivity contribution < 1.29 is 13.9 Å². The van der Waals surface area contributed by atoms with Crippen LogP contribution < -0.4 is 14.2 Å². The zero-order valence-electron chi connectivity index (χ0n) is 15.3. The molecule has 0 bridgehead atoms. The average Bonchev–Trinajstić information content (AvgIpc) is 3.15. The summed E-state index contributed by atoms with van der Waals surface area (Å²) in [6.07, 6.45) is 1.81. The number of nitrogens with zero attached hydrogens (tertiary/aromatic N) is 2. The molecule has 29 heavy (non-hydrogen) atoms. The molecule has 4 aromatic rings. The smallest absolute Gasteiger partial charge is 0.239 e. The summed E-state index contributed by atoms with van der Waals surface area (Å²) in [4.78, 5) is 12.4. The summed E-state index contributed by atoms with van der Waals surface area (Å²) in [5.74, 6) is 0.105. The molecule has 0 unspecified atom stereocenters. The van der Waals surface area contributed by atoms with Crippen molar-refractivity contribution in [3.63, 3.8) is 0 Å². The van der Waals surface area contributed by atoms with E-state index in [4.69, 9.17) is 21.1 Å². The lowest BCUT2D eigenvalue weighted by Crippen LogP contribution is -1.97. The van der Waals surface area contributed by atoms with Crippen LogP contribution in [-0.2, 0) is 6.61 Å². The third-order valence-corrected chi connectivity index (χ3v) is 5.21. The highest BCUT2D eigenvalue weighted by Crippen LogP contribution is 2.33. The molecule has 1 aromatic carbocycles. The number of benzene rings is 1. The van der Waals surface area contributed by atoms with Gasteiger partial charge in [-0.3, -0.25) is 0 Å². The molecule has 0 atom stereocenters. The van der Waals surface area contributed by atoms with E-state index in [9.17, 15) is 4.39 Å². The van der Waals surface area contributed by atoms with E-state index >= 15 is 0 Å². The Hall–Kier alpha value is -2.97. The summed E-state index contributed by atoms with van der Waals surface area (Å²) in [6, 6.07) is 14.9. The fraction of sp³-hybridized carbons (Fsp3) is 0.100. The first kappa shape index (κ1) is 19.4. The highest BCUT2D eigenvalue weighted by atomic mass is 35.5. The predicted molar refractivity (Wildman–Crippen MR) is 112 cm³/mol. The zero-order valence-corrected chi connectivity index (χ0v) is 16.9. The third-order valence-electron chi connectivity index (χ3n) is 4.07. The van der Waals surface area contributed by atoms with Crippen LogP contribution in [0.25, 0.3) is 11.0 Å². The van der Waals surface area contributed by atoms with Crippen molar-refractivity contribution >= 4 is 40.3 Å². The molecule has 3 aromatic heterocycles. The molecule has 2 N–H and O–H groups in total. The van der Waals surface area contributed by atoms with Gasteiger partial charge in [0.2, 0.25) is 11.8 Å². The highest BCUT2D eigenvalue weighted by Gasteiger charge is 2.13. The molecule has 148 valence electrons. The minimum absolute atomic E-state index is 0.207. The number of aromatic amines is 1. The molecule has 3 heterocycles. The van der Waals surface area contributed by atoms with Gasteiger partial charge in [0.25, 0.3) is 0 Å². The SMILES string of the molecule is COc1nc(Cl)c(F)cc1NSc1c[nH]c2nc(OCc3ccccc3)ccc12. The van der Waals surface area contributed by atoms with Gasteiger partial charge in [0.15, 0.2) is 11.0 Å². The summed E-state index contributed by atoms with van der Waals surface area (Å²) in [7, 11) is 1.44. The number of anilines is 1. The number of hydrogen-bond donors (Lipinski definition) is 2. The number of fused-ring (bicyclic) bond motifs is 1. The summed E-state index contributed by atoms with van der Waals surface area (Å²) in [5.41, 5.74) is 2.14. The first-order chi connectivity index (χ1) is 14.1. The van der Waals surface area contributed by atoms with Crippen molar-refractivity contribution in [3.8, 4) is 11.8 Å². The van der Waals surface area contributed by atoms with Crippen LogP contribution in [0.5, 0.6) is 11.8 Å². The van der Waals surface area contributed by atoms with Gasteiger partial charge in [-0.15, -0.1) is 0 Å². The van der Waals surface area contributed by atoms with Gasteiger partial charge in [-0.1, -0.05) is 41.9 Å². The second-order valence-electron chi connectivity index (χ2n) is 5.99. The second-order valence-corrected chi connectivity index (χ2v) is 7.20. The number of methoxy groups -OCH3 is 1. The van der Waals surface area contributed by atoms with Crippen LogP contribution in [0.1, 0.15) is 5.56 Å². The number of pyridine rings is 2. The number of rotatable bonds is 7. The Labute approximate surface area is 175 Å². The number of hydrogen-bond acceptors (Lipinski definition) is 6. The van der Waals surface area contributed by atoms with Crippen LogP contribution in [0, 0.1) is 5.82 Å². The maximum absolute atomic E-state index is 13.7. The molecule has 0 spiro atoms. The summed E-state index contributed by atoms with van der Waals surface area (Å²) < 4.78 is 27.7. The number of H-pyrrole nitrogens is 1. The summed E-state index contributed by atoms with van der Waals surface area (Å²) in [5, 5.41) is 0.660. The Kier molecular flexibility index (Phi) is 5.73. The normalized spacial score (nSPS) is 10.9.